The first-order valence-electron chi connectivity index (χ1n) is 4.89. The number of morpholine rings is 1. The van der Waals surface area contributed by atoms with Gasteiger partial charge in [0.2, 0.25) is 0 Å². The smallest absolute Gasteiger partial charge is 0.0594 e. The van der Waals surface area contributed by atoms with E-state index in [-0.39, 0.29) is 12.4 Å². The van der Waals surface area contributed by atoms with E-state index in [4.69, 9.17) is 16.3 Å². The molecule has 1 aliphatic heterocycles. The minimum Gasteiger partial charge on any atom is -0.379 e. The van der Waals surface area contributed by atoms with Gasteiger partial charge in [0.1, 0.15) is 0 Å². The lowest BCUT2D eigenvalue weighted by molar-refractivity contribution is 0.0342. The zero-order valence-electron chi connectivity index (χ0n) is 8.49. The monoisotopic (exact) mass is 247 g/mol. The van der Waals surface area contributed by atoms with Crippen molar-refractivity contribution in [2.24, 2.45) is 0 Å². The van der Waals surface area contributed by atoms with E-state index in [0.29, 0.717) is 0 Å². The van der Waals surface area contributed by atoms with Crippen LogP contribution in [0, 0.1) is 0 Å². The van der Waals surface area contributed by atoms with Crippen molar-refractivity contribution in [3.05, 3.63) is 34.9 Å². The molecule has 0 bridgehead atoms. The number of ether oxygens (including phenoxy) is 1. The number of halogens is 2. The van der Waals surface area contributed by atoms with Gasteiger partial charge >= 0.3 is 0 Å². The Labute approximate surface area is 102 Å². The molecular weight excluding hydrogens is 233 g/mol. The normalized spacial score (nSPS) is 17.1. The van der Waals surface area contributed by atoms with E-state index in [1.165, 1.54) is 5.56 Å². The van der Waals surface area contributed by atoms with Crippen molar-refractivity contribution in [3.63, 3.8) is 0 Å². The Hall–Kier alpha value is -0.280. The molecule has 0 unspecified atom stereocenters. The van der Waals surface area contributed by atoms with Gasteiger partial charge in [0.05, 0.1) is 13.2 Å². The summed E-state index contributed by atoms with van der Waals surface area (Å²) in [6, 6.07) is 8.04. The average Bonchev–Trinajstić information content (AvgIpc) is 2.19. The fourth-order valence-electron chi connectivity index (χ4n) is 1.65. The van der Waals surface area contributed by atoms with Crippen molar-refractivity contribution >= 4 is 24.0 Å². The van der Waals surface area contributed by atoms with Crippen LogP contribution >= 0.6 is 24.0 Å². The Morgan fingerprint density at radius 1 is 1.27 bits per heavy atom. The molecule has 84 valence electrons. The quantitative estimate of drug-likeness (QED) is 0.797. The highest BCUT2D eigenvalue weighted by atomic mass is 35.5. The summed E-state index contributed by atoms with van der Waals surface area (Å²) in [5.41, 5.74) is 1.28. The SMILES string of the molecule is Cl.Clc1cccc(CN2CCOCC2)c1. The first kappa shape index (κ1) is 12.8. The third kappa shape index (κ3) is 3.99. The number of hydrogen-bond donors (Lipinski definition) is 0. The third-order valence-corrected chi connectivity index (χ3v) is 2.63. The van der Waals surface area contributed by atoms with E-state index in [9.17, 15) is 0 Å². The van der Waals surface area contributed by atoms with Gasteiger partial charge in [-0.2, -0.15) is 0 Å². The van der Waals surface area contributed by atoms with Crippen molar-refractivity contribution in [2.75, 3.05) is 26.3 Å². The Bertz CT molecular complexity index is 300. The van der Waals surface area contributed by atoms with E-state index >= 15 is 0 Å². The summed E-state index contributed by atoms with van der Waals surface area (Å²) >= 11 is 5.92. The van der Waals surface area contributed by atoms with Crippen LogP contribution in [0.1, 0.15) is 5.56 Å². The number of hydrogen-bond acceptors (Lipinski definition) is 2. The maximum atomic E-state index is 5.92. The summed E-state index contributed by atoms with van der Waals surface area (Å²) in [4.78, 5) is 2.38. The molecule has 0 aliphatic carbocycles. The summed E-state index contributed by atoms with van der Waals surface area (Å²) in [7, 11) is 0. The van der Waals surface area contributed by atoms with Crippen molar-refractivity contribution < 1.29 is 4.74 Å². The molecule has 0 atom stereocenters. The van der Waals surface area contributed by atoms with Crippen LogP contribution in [0.5, 0.6) is 0 Å². The van der Waals surface area contributed by atoms with Crippen LogP contribution in [0.4, 0.5) is 0 Å². The molecule has 1 aromatic rings. The second kappa shape index (κ2) is 6.33. The minimum atomic E-state index is 0. The molecule has 2 nitrogen and oxygen atoms in total. The maximum absolute atomic E-state index is 5.92. The zero-order chi connectivity index (χ0) is 9.80. The van der Waals surface area contributed by atoms with E-state index in [1.54, 1.807) is 0 Å². The van der Waals surface area contributed by atoms with Gasteiger partial charge in [-0.15, -0.1) is 12.4 Å². The average molecular weight is 248 g/mol. The van der Waals surface area contributed by atoms with Crippen LogP contribution in [-0.4, -0.2) is 31.2 Å². The van der Waals surface area contributed by atoms with Crippen LogP contribution in [0.3, 0.4) is 0 Å². The van der Waals surface area contributed by atoms with Crippen molar-refractivity contribution in [3.8, 4) is 0 Å². The van der Waals surface area contributed by atoms with Crippen molar-refractivity contribution in [2.45, 2.75) is 6.54 Å². The van der Waals surface area contributed by atoms with Gasteiger partial charge in [-0.05, 0) is 17.7 Å². The van der Waals surface area contributed by atoms with E-state index in [2.05, 4.69) is 11.0 Å². The second-order valence-electron chi connectivity index (χ2n) is 3.52. The molecule has 0 aromatic heterocycles. The first-order chi connectivity index (χ1) is 6.84. The van der Waals surface area contributed by atoms with Gasteiger partial charge in [-0.3, -0.25) is 4.90 Å². The molecular formula is C11H15Cl2NO. The Morgan fingerprint density at radius 3 is 2.67 bits per heavy atom. The highest BCUT2D eigenvalue weighted by Gasteiger charge is 2.10. The van der Waals surface area contributed by atoms with E-state index in [1.807, 2.05) is 18.2 Å². The Balaban J connectivity index is 0.00000112. The predicted molar refractivity (Wildman–Crippen MR) is 64.8 cm³/mol. The number of nitrogens with zero attached hydrogens (tertiary/aromatic N) is 1. The highest BCUT2D eigenvalue weighted by molar-refractivity contribution is 6.30. The van der Waals surface area contributed by atoms with Crippen molar-refractivity contribution in [1.82, 2.24) is 4.90 Å². The standard InChI is InChI=1S/C11H14ClNO.ClH/c12-11-3-1-2-10(8-11)9-13-4-6-14-7-5-13;/h1-3,8H,4-7,9H2;1H. The topological polar surface area (TPSA) is 12.5 Å². The molecule has 4 heteroatoms. The largest absolute Gasteiger partial charge is 0.379 e. The summed E-state index contributed by atoms with van der Waals surface area (Å²) in [5, 5.41) is 0.816. The molecule has 1 saturated heterocycles. The van der Waals surface area contributed by atoms with Crippen LogP contribution in [-0.2, 0) is 11.3 Å². The molecule has 0 N–H and O–H groups in total. The molecule has 1 aliphatic rings. The predicted octanol–water partition coefficient (Wildman–Crippen LogP) is 2.59. The van der Waals surface area contributed by atoms with Crippen LogP contribution < -0.4 is 0 Å². The highest BCUT2D eigenvalue weighted by Crippen LogP contribution is 2.13. The van der Waals surface area contributed by atoms with Crippen molar-refractivity contribution in [1.29, 1.82) is 0 Å². The minimum absolute atomic E-state index is 0. The van der Waals surface area contributed by atoms with E-state index < -0.39 is 0 Å². The van der Waals surface area contributed by atoms with Gasteiger partial charge in [-0.1, -0.05) is 23.7 Å². The first-order valence-corrected chi connectivity index (χ1v) is 5.27. The molecule has 15 heavy (non-hydrogen) atoms. The molecule has 1 fully saturated rings. The fraction of sp³-hybridized carbons (Fsp3) is 0.455. The molecule has 1 aromatic carbocycles. The summed E-state index contributed by atoms with van der Waals surface area (Å²) in [6.07, 6.45) is 0. The molecule has 0 saturated carbocycles. The molecule has 2 rings (SSSR count). The zero-order valence-corrected chi connectivity index (χ0v) is 10.1. The van der Waals surface area contributed by atoms with Crippen LogP contribution in [0.2, 0.25) is 5.02 Å². The van der Waals surface area contributed by atoms with Gasteiger partial charge < -0.3 is 4.74 Å². The molecule has 1 heterocycles. The lowest BCUT2D eigenvalue weighted by atomic mass is 10.2. The van der Waals surface area contributed by atoms with Crippen LogP contribution in [0.15, 0.2) is 24.3 Å². The summed E-state index contributed by atoms with van der Waals surface area (Å²) in [5.74, 6) is 0. The summed E-state index contributed by atoms with van der Waals surface area (Å²) < 4.78 is 5.29. The second-order valence-corrected chi connectivity index (χ2v) is 3.95. The van der Waals surface area contributed by atoms with Crippen LogP contribution in [0.25, 0.3) is 0 Å². The van der Waals surface area contributed by atoms with Gasteiger partial charge in [-0.25, -0.2) is 0 Å². The maximum Gasteiger partial charge on any atom is 0.0594 e. The van der Waals surface area contributed by atoms with E-state index in [0.717, 1.165) is 37.9 Å². The lowest BCUT2D eigenvalue weighted by Gasteiger charge is -2.26. The number of benzene rings is 1. The Kier molecular flexibility index (Phi) is 5.40. The fourth-order valence-corrected chi connectivity index (χ4v) is 1.87. The lowest BCUT2D eigenvalue weighted by Crippen LogP contribution is -2.35. The molecule has 0 radical (unpaired) electrons. The van der Waals surface area contributed by atoms with Gasteiger partial charge in [0.25, 0.3) is 0 Å². The van der Waals surface area contributed by atoms with Gasteiger partial charge in [0.15, 0.2) is 0 Å². The van der Waals surface area contributed by atoms with Gasteiger partial charge in [0, 0.05) is 24.7 Å². The Morgan fingerprint density at radius 2 is 2.00 bits per heavy atom. The summed E-state index contributed by atoms with van der Waals surface area (Å²) in [6.45, 7) is 4.71. The number of rotatable bonds is 2. The third-order valence-electron chi connectivity index (χ3n) is 2.40. The molecule has 0 spiro atoms. The molecule has 0 amide bonds.